The van der Waals surface area contributed by atoms with Crippen molar-refractivity contribution in [3.63, 3.8) is 0 Å². The van der Waals surface area contributed by atoms with Crippen LogP contribution in [-0.4, -0.2) is 23.9 Å². The lowest BCUT2D eigenvalue weighted by Crippen LogP contribution is -2.18. The van der Waals surface area contributed by atoms with Crippen LogP contribution in [0.5, 0.6) is 0 Å². The second kappa shape index (κ2) is 2.46. The molecule has 0 spiro atoms. The molecule has 1 N–H and O–H groups in total. The zero-order chi connectivity index (χ0) is 6.85. The Hall–Kier alpha value is -0.0800. The minimum Gasteiger partial charge on any atom is -0.390 e. The maximum Gasteiger partial charge on any atom is 0.0832 e. The summed E-state index contributed by atoms with van der Waals surface area (Å²) in [5.74, 6) is 0. The molecule has 0 aromatic heterocycles. The van der Waals surface area contributed by atoms with Crippen molar-refractivity contribution in [3.05, 3.63) is 0 Å². The van der Waals surface area contributed by atoms with E-state index < -0.39 is 12.7 Å². The highest BCUT2D eigenvalue weighted by molar-refractivity contribution is 4.72. The summed E-state index contributed by atoms with van der Waals surface area (Å²) >= 11 is 0. The third-order valence-electron chi connectivity index (χ3n) is 1.44. The average Bonchev–Trinajstić information content (AvgIpc) is 2.10. The summed E-state index contributed by atoms with van der Waals surface area (Å²) in [6.07, 6.45) is 0.777. The maximum atomic E-state index is 9.11. The summed E-state index contributed by atoms with van der Waals surface area (Å²) in [7, 11) is 0. The van der Waals surface area contributed by atoms with Gasteiger partial charge in [0.1, 0.15) is 0 Å². The van der Waals surface area contributed by atoms with Crippen LogP contribution in [0, 0.1) is 0 Å². The lowest BCUT2D eigenvalue weighted by atomic mass is 10.1. The summed E-state index contributed by atoms with van der Waals surface area (Å²) in [5, 5.41) is 9.11. The second-order valence-electron chi connectivity index (χ2n) is 2.05. The van der Waals surface area contributed by atoms with E-state index in [1.54, 1.807) is 0 Å². The van der Waals surface area contributed by atoms with Crippen LogP contribution in [0.3, 0.4) is 0 Å². The standard InChI is InChI=1S/C6H12O2/c1-2-6-5(7)3-4-8-6/h5-7H,2-4H2,1H3/i4T. The molecule has 0 amide bonds. The van der Waals surface area contributed by atoms with Gasteiger partial charge < -0.3 is 9.84 Å². The Morgan fingerprint density at radius 1 is 2.00 bits per heavy atom. The lowest BCUT2D eigenvalue weighted by Gasteiger charge is -2.08. The molecule has 8 heavy (non-hydrogen) atoms. The molecule has 1 saturated heterocycles. The first-order valence-corrected chi connectivity index (χ1v) is 2.99. The predicted octanol–water partition coefficient (Wildman–Crippen LogP) is 0.546. The number of rotatable bonds is 1. The van der Waals surface area contributed by atoms with Crippen LogP contribution >= 0.6 is 0 Å². The van der Waals surface area contributed by atoms with Gasteiger partial charge in [0.25, 0.3) is 0 Å². The first-order valence-electron chi connectivity index (χ1n) is 3.57. The van der Waals surface area contributed by atoms with Crippen LogP contribution in [-0.2, 0) is 4.74 Å². The van der Waals surface area contributed by atoms with Gasteiger partial charge in [0.2, 0.25) is 0 Å². The molecule has 1 heterocycles. The Morgan fingerprint density at radius 2 is 2.75 bits per heavy atom. The van der Waals surface area contributed by atoms with E-state index in [0.29, 0.717) is 6.42 Å². The molecule has 1 aliphatic heterocycles. The van der Waals surface area contributed by atoms with Crippen molar-refractivity contribution >= 4 is 0 Å². The van der Waals surface area contributed by atoms with E-state index in [2.05, 4.69) is 0 Å². The SMILES string of the molecule is [3H]C1CC(O)C(CC)O1. The molecule has 0 aliphatic carbocycles. The topological polar surface area (TPSA) is 29.5 Å². The minimum absolute atomic E-state index is 0.0903. The quantitative estimate of drug-likeness (QED) is 0.544. The van der Waals surface area contributed by atoms with Crippen LogP contribution in [0.25, 0.3) is 0 Å². The average molecular weight is 118 g/mol. The number of aliphatic hydroxyl groups excluding tert-OH is 1. The smallest absolute Gasteiger partial charge is 0.0832 e. The van der Waals surface area contributed by atoms with Crippen LogP contribution in [0.15, 0.2) is 0 Å². The van der Waals surface area contributed by atoms with Crippen LogP contribution < -0.4 is 0 Å². The van der Waals surface area contributed by atoms with Crippen molar-refractivity contribution in [1.82, 2.24) is 0 Å². The molecule has 2 nitrogen and oxygen atoms in total. The molecule has 3 atom stereocenters. The Bertz CT molecular complexity index is 97.1. The molecule has 3 unspecified atom stereocenters. The van der Waals surface area contributed by atoms with E-state index in [9.17, 15) is 0 Å². The summed E-state index contributed by atoms with van der Waals surface area (Å²) in [6.45, 7) is 1.45. The van der Waals surface area contributed by atoms with Crippen LogP contribution in [0.4, 0.5) is 0 Å². The van der Waals surface area contributed by atoms with Gasteiger partial charge in [-0.15, -0.1) is 0 Å². The molecule has 0 saturated carbocycles. The van der Waals surface area contributed by atoms with Crippen LogP contribution in [0.2, 0.25) is 0 Å². The lowest BCUT2D eigenvalue weighted by molar-refractivity contribution is 0.0402. The highest BCUT2D eigenvalue weighted by atomic mass is 16.5. The molecule has 1 fully saturated rings. The number of hydrogen-bond acceptors (Lipinski definition) is 2. The molecule has 0 radical (unpaired) electrons. The third-order valence-corrected chi connectivity index (χ3v) is 1.44. The molecule has 0 aromatic carbocycles. The van der Waals surface area contributed by atoms with E-state index in [-0.39, 0.29) is 6.10 Å². The second-order valence-corrected chi connectivity index (χ2v) is 2.05. The molecule has 1 rings (SSSR count). The van der Waals surface area contributed by atoms with Gasteiger partial charge in [0, 0.05) is 6.58 Å². The Kier molecular flexibility index (Phi) is 1.47. The predicted molar refractivity (Wildman–Crippen MR) is 30.7 cm³/mol. The molecular formula is C6H12O2. The highest BCUT2D eigenvalue weighted by Gasteiger charge is 2.23. The van der Waals surface area contributed by atoms with Gasteiger partial charge in [0.15, 0.2) is 0 Å². The van der Waals surface area contributed by atoms with Crippen molar-refractivity contribution in [1.29, 1.82) is 0 Å². The van der Waals surface area contributed by atoms with Gasteiger partial charge in [-0.2, -0.15) is 0 Å². The minimum atomic E-state index is -0.495. The Morgan fingerprint density at radius 3 is 3.00 bits per heavy atom. The zero-order valence-corrected chi connectivity index (χ0v) is 5.00. The van der Waals surface area contributed by atoms with Crippen molar-refractivity contribution in [2.75, 3.05) is 6.58 Å². The summed E-state index contributed by atoms with van der Waals surface area (Å²) in [5.41, 5.74) is 0. The summed E-state index contributed by atoms with van der Waals surface area (Å²) in [6, 6.07) is 0. The zero-order valence-electron chi connectivity index (χ0n) is 6.00. The van der Waals surface area contributed by atoms with Gasteiger partial charge in [-0.25, -0.2) is 0 Å². The molecule has 1 aliphatic rings. The summed E-state index contributed by atoms with van der Waals surface area (Å²) in [4.78, 5) is 0. The summed E-state index contributed by atoms with van der Waals surface area (Å²) < 4.78 is 12.2. The normalized spacial score (nSPS) is 49.2. The van der Waals surface area contributed by atoms with Gasteiger partial charge in [-0.05, 0) is 12.8 Å². The number of aliphatic hydroxyl groups is 1. The Balaban J connectivity index is 2.38. The van der Waals surface area contributed by atoms with Crippen molar-refractivity contribution in [3.8, 4) is 0 Å². The van der Waals surface area contributed by atoms with E-state index >= 15 is 0 Å². The molecule has 0 aromatic rings. The van der Waals surface area contributed by atoms with Crippen molar-refractivity contribution < 1.29 is 11.2 Å². The van der Waals surface area contributed by atoms with Gasteiger partial charge >= 0.3 is 0 Å². The molecule has 48 valence electrons. The van der Waals surface area contributed by atoms with Gasteiger partial charge in [-0.1, -0.05) is 6.92 Å². The monoisotopic (exact) mass is 118 g/mol. The highest BCUT2D eigenvalue weighted by Crippen LogP contribution is 2.15. The molecule has 0 bridgehead atoms. The van der Waals surface area contributed by atoms with Crippen LogP contribution in [0.1, 0.15) is 21.1 Å². The van der Waals surface area contributed by atoms with Crippen molar-refractivity contribution in [2.24, 2.45) is 0 Å². The fourth-order valence-corrected chi connectivity index (χ4v) is 0.889. The largest absolute Gasteiger partial charge is 0.390 e. The fraction of sp³-hybridized carbons (Fsp3) is 1.00. The van der Waals surface area contributed by atoms with E-state index in [1.807, 2.05) is 6.92 Å². The first kappa shape index (κ1) is 4.77. The Labute approximate surface area is 50.9 Å². The number of ether oxygens (including phenoxy) is 1. The fourth-order valence-electron chi connectivity index (χ4n) is 0.889. The molecule has 2 heteroatoms. The maximum absolute atomic E-state index is 9.11. The van der Waals surface area contributed by atoms with Crippen molar-refractivity contribution in [2.45, 2.75) is 32.0 Å². The van der Waals surface area contributed by atoms with E-state index in [0.717, 1.165) is 6.42 Å². The van der Waals surface area contributed by atoms with Gasteiger partial charge in [0.05, 0.1) is 13.6 Å². The van der Waals surface area contributed by atoms with E-state index in [4.69, 9.17) is 11.2 Å². The van der Waals surface area contributed by atoms with E-state index in [1.165, 1.54) is 0 Å². The first-order chi connectivity index (χ1) is 4.24. The third kappa shape index (κ3) is 1.01. The number of hydrogen-bond donors (Lipinski definition) is 1. The van der Waals surface area contributed by atoms with Gasteiger partial charge in [-0.3, -0.25) is 0 Å². The molecular weight excluding hydrogens is 104 g/mol.